The van der Waals surface area contributed by atoms with Crippen LogP contribution in [0.15, 0.2) is 54.6 Å². The minimum Gasteiger partial charge on any atom is -0.381 e. The van der Waals surface area contributed by atoms with Crippen LogP contribution in [-0.4, -0.2) is 29.1 Å². The standard InChI is InChI=1S/C16H15FN2O2/c17-13-8-6-12(7-9-13)16(21)10-19(11-16)15(20)18-14-4-2-1-3-5-14/h1-9,21H,10-11H2,(H,18,20). The number of β-amino-alcohol motifs (C(OH)–C–C–N with tert-alkyl or cyclic N) is 1. The molecule has 3 rings (SSSR count). The summed E-state index contributed by atoms with van der Waals surface area (Å²) < 4.78 is 12.9. The second-order valence-electron chi connectivity index (χ2n) is 5.19. The molecule has 0 aromatic heterocycles. The van der Waals surface area contributed by atoms with Gasteiger partial charge in [-0.15, -0.1) is 0 Å². The first-order valence-corrected chi connectivity index (χ1v) is 6.66. The van der Waals surface area contributed by atoms with Crippen LogP contribution in [0.3, 0.4) is 0 Å². The van der Waals surface area contributed by atoms with E-state index in [9.17, 15) is 14.3 Å². The Morgan fingerprint density at radius 1 is 1.10 bits per heavy atom. The largest absolute Gasteiger partial charge is 0.381 e. The van der Waals surface area contributed by atoms with Crippen molar-refractivity contribution in [2.24, 2.45) is 0 Å². The number of benzene rings is 2. The Morgan fingerprint density at radius 3 is 2.33 bits per heavy atom. The van der Waals surface area contributed by atoms with Gasteiger partial charge in [0.05, 0.1) is 13.1 Å². The number of amides is 2. The van der Waals surface area contributed by atoms with Crippen molar-refractivity contribution in [3.8, 4) is 0 Å². The van der Waals surface area contributed by atoms with Crippen molar-refractivity contribution in [3.63, 3.8) is 0 Å². The molecule has 2 N–H and O–H groups in total. The van der Waals surface area contributed by atoms with Crippen molar-refractivity contribution >= 4 is 11.7 Å². The molecule has 5 heteroatoms. The zero-order valence-electron chi connectivity index (χ0n) is 11.3. The maximum absolute atomic E-state index is 12.9. The van der Waals surface area contributed by atoms with Crippen LogP contribution in [0.2, 0.25) is 0 Å². The lowest BCUT2D eigenvalue weighted by atomic mass is 9.86. The van der Waals surface area contributed by atoms with E-state index in [4.69, 9.17) is 0 Å². The first kappa shape index (κ1) is 13.6. The van der Waals surface area contributed by atoms with Crippen LogP contribution in [0.25, 0.3) is 0 Å². The molecule has 1 aliphatic heterocycles. The quantitative estimate of drug-likeness (QED) is 0.891. The Morgan fingerprint density at radius 2 is 1.71 bits per heavy atom. The Balaban J connectivity index is 1.62. The van der Waals surface area contributed by atoms with Crippen LogP contribution in [0.4, 0.5) is 14.9 Å². The van der Waals surface area contributed by atoms with E-state index in [1.165, 1.54) is 17.0 Å². The van der Waals surface area contributed by atoms with E-state index < -0.39 is 5.60 Å². The van der Waals surface area contributed by atoms with Crippen molar-refractivity contribution < 1.29 is 14.3 Å². The number of hydrogen-bond donors (Lipinski definition) is 2. The lowest BCUT2D eigenvalue weighted by Crippen LogP contribution is -2.62. The fraction of sp³-hybridized carbons (Fsp3) is 0.188. The van der Waals surface area contributed by atoms with E-state index in [0.29, 0.717) is 11.3 Å². The summed E-state index contributed by atoms with van der Waals surface area (Å²) in [7, 11) is 0. The van der Waals surface area contributed by atoms with Crippen LogP contribution in [0, 0.1) is 5.82 Å². The summed E-state index contributed by atoms with van der Waals surface area (Å²) in [5.41, 5.74) is 0.231. The molecule has 4 nitrogen and oxygen atoms in total. The Hall–Kier alpha value is -2.40. The average Bonchev–Trinajstić information content (AvgIpc) is 2.45. The molecule has 1 fully saturated rings. The SMILES string of the molecule is O=C(Nc1ccccc1)N1CC(O)(c2ccc(F)cc2)C1. The van der Waals surface area contributed by atoms with Gasteiger partial charge in [0.2, 0.25) is 0 Å². The van der Waals surface area contributed by atoms with Crippen LogP contribution in [0.5, 0.6) is 0 Å². The van der Waals surface area contributed by atoms with Gasteiger partial charge in [-0.3, -0.25) is 0 Å². The molecule has 1 saturated heterocycles. The van der Waals surface area contributed by atoms with Crippen molar-refractivity contribution in [1.29, 1.82) is 0 Å². The fourth-order valence-electron chi connectivity index (χ4n) is 2.40. The molecule has 108 valence electrons. The third-order valence-corrected chi connectivity index (χ3v) is 3.60. The molecule has 0 bridgehead atoms. The summed E-state index contributed by atoms with van der Waals surface area (Å²) in [6, 6.07) is 14.6. The monoisotopic (exact) mass is 286 g/mol. The normalized spacial score (nSPS) is 16.2. The number of likely N-dealkylation sites (tertiary alicyclic amines) is 1. The summed E-state index contributed by atoms with van der Waals surface area (Å²) in [5.74, 6) is -0.347. The van der Waals surface area contributed by atoms with E-state index in [0.717, 1.165) is 0 Å². The lowest BCUT2D eigenvalue weighted by Gasteiger charge is -2.46. The first-order chi connectivity index (χ1) is 10.1. The number of carbonyl (C=O) groups is 1. The third-order valence-electron chi connectivity index (χ3n) is 3.60. The van der Waals surface area contributed by atoms with E-state index >= 15 is 0 Å². The zero-order chi connectivity index (χ0) is 14.9. The summed E-state index contributed by atoms with van der Waals surface area (Å²) in [5, 5.41) is 13.2. The van der Waals surface area contributed by atoms with Crippen molar-refractivity contribution in [3.05, 3.63) is 66.0 Å². The van der Waals surface area contributed by atoms with Gasteiger partial charge in [-0.05, 0) is 29.8 Å². The highest BCUT2D eigenvalue weighted by Gasteiger charge is 2.45. The molecule has 21 heavy (non-hydrogen) atoms. The van der Waals surface area contributed by atoms with Crippen LogP contribution in [-0.2, 0) is 5.60 Å². The average molecular weight is 286 g/mol. The summed E-state index contributed by atoms with van der Waals surface area (Å²) in [6.45, 7) is 0.384. The molecule has 0 saturated carbocycles. The number of carbonyl (C=O) groups excluding carboxylic acids is 1. The fourth-order valence-corrected chi connectivity index (χ4v) is 2.40. The van der Waals surface area contributed by atoms with Crippen molar-refractivity contribution in [2.75, 3.05) is 18.4 Å². The van der Waals surface area contributed by atoms with Crippen LogP contribution < -0.4 is 5.32 Å². The maximum Gasteiger partial charge on any atom is 0.322 e. The lowest BCUT2D eigenvalue weighted by molar-refractivity contribution is -0.0793. The summed E-state index contributed by atoms with van der Waals surface area (Å²) in [6.07, 6.45) is 0. The van der Waals surface area contributed by atoms with Gasteiger partial charge in [-0.2, -0.15) is 0 Å². The highest BCUT2D eigenvalue weighted by molar-refractivity contribution is 5.90. The Labute approximate surface area is 121 Å². The van der Waals surface area contributed by atoms with Gasteiger partial charge in [0.15, 0.2) is 0 Å². The minimum atomic E-state index is -1.10. The van der Waals surface area contributed by atoms with Gasteiger partial charge in [-0.1, -0.05) is 30.3 Å². The molecule has 0 atom stereocenters. The van der Waals surface area contributed by atoms with E-state index in [-0.39, 0.29) is 24.9 Å². The highest BCUT2D eigenvalue weighted by atomic mass is 19.1. The molecular weight excluding hydrogens is 271 g/mol. The highest BCUT2D eigenvalue weighted by Crippen LogP contribution is 2.32. The van der Waals surface area contributed by atoms with Crippen molar-refractivity contribution in [1.82, 2.24) is 4.90 Å². The summed E-state index contributed by atoms with van der Waals surface area (Å²) in [4.78, 5) is 13.5. The van der Waals surface area contributed by atoms with Crippen LogP contribution in [0.1, 0.15) is 5.56 Å². The number of rotatable bonds is 2. The second-order valence-corrected chi connectivity index (χ2v) is 5.19. The molecule has 2 aromatic rings. The minimum absolute atomic E-state index is 0.192. The number of nitrogens with zero attached hydrogens (tertiary/aromatic N) is 1. The molecule has 2 amide bonds. The number of urea groups is 1. The number of para-hydroxylation sites is 1. The van der Waals surface area contributed by atoms with Crippen LogP contribution >= 0.6 is 0 Å². The topological polar surface area (TPSA) is 52.6 Å². The predicted octanol–water partition coefficient (Wildman–Crippen LogP) is 2.56. The van der Waals surface area contributed by atoms with E-state index in [1.807, 2.05) is 18.2 Å². The molecule has 1 heterocycles. The number of hydrogen-bond acceptors (Lipinski definition) is 2. The smallest absolute Gasteiger partial charge is 0.322 e. The Kier molecular flexibility index (Phi) is 3.35. The number of nitrogens with one attached hydrogen (secondary N) is 1. The van der Waals surface area contributed by atoms with Gasteiger partial charge >= 0.3 is 6.03 Å². The van der Waals surface area contributed by atoms with Gasteiger partial charge in [0.25, 0.3) is 0 Å². The van der Waals surface area contributed by atoms with Gasteiger partial charge in [-0.25, -0.2) is 9.18 Å². The molecular formula is C16H15FN2O2. The van der Waals surface area contributed by atoms with Crippen molar-refractivity contribution in [2.45, 2.75) is 5.60 Å². The molecule has 0 radical (unpaired) electrons. The molecule has 2 aromatic carbocycles. The summed E-state index contributed by atoms with van der Waals surface area (Å²) >= 11 is 0. The third kappa shape index (κ3) is 2.73. The van der Waals surface area contributed by atoms with Gasteiger partial charge < -0.3 is 15.3 Å². The second kappa shape index (κ2) is 5.18. The van der Waals surface area contributed by atoms with E-state index in [1.54, 1.807) is 24.3 Å². The molecule has 0 aliphatic carbocycles. The van der Waals surface area contributed by atoms with Gasteiger partial charge in [0, 0.05) is 5.69 Å². The maximum atomic E-state index is 12.9. The molecule has 0 unspecified atom stereocenters. The number of aliphatic hydroxyl groups is 1. The number of anilines is 1. The van der Waals surface area contributed by atoms with Gasteiger partial charge in [0.1, 0.15) is 11.4 Å². The zero-order valence-corrected chi connectivity index (χ0v) is 11.3. The predicted molar refractivity (Wildman–Crippen MR) is 77.3 cm³/mol. The molecule has 0 spiro atoms. The first-order valence-electron chi connectivity index (χ1n) is 6.66. The number of halogens is 1. The van der Waals surface area contributed by atoms with E-state index in [2.05, 4.69) is 5.32 Å². The molecule has 1 aliphatic rings. The Bertz CT molecular complexity index is 637.